The Labute approximate surface area is 113 Å². The minimum Gasteiger partial charge on any atom is -1.00 e. The first kappa shape index (κ1) is 12.7. The Morgan fingerprint density at radius 1 is 1.06 bits per heavy atom. The van der Waals surface area contributed by atoms with Crippen molar-refractivity contribution >= 4 is 0 Å². The van der Waals surface area contributed by atoms with E-state index in [2.05, 4.69) is 30.2 Å². The smallest absolute Gasteiger partial charge is 0.256 e. The number of hydrogen-bond acceptors (Lipinski definition) is 0. The van der Waals surface area contributed by atoms with Crippen LogP contribution in [0.2, 0.25) is 0 Å². The highest BCUT2D eigenvalue weighted by atomic mass is 127. The predicted molar refractivity (Wildman–Crippen MR) is 61.0 cm³/mol. The molecule has 0 saturated carbocycles. The molecule has 1 heterocycles. The summed E-state index contributed by atoms with van der Waals surface area (Å²) in [6, 6.07) is 14.3. The zero-order chi connectivity index (χ0) is 10.7. The van der Waals surface area contributed by atoms with Gasteiger partial charge in [-0.25, -0.2) is 0 Å². The van der Waals surface area contributed by atoms with Crippen molar-refractivity contribution in [3.8, 4) is 23.5 Å². The van der Waals surface area contributed by atoms with E-state index in [0.29, 0.717) is 0 Å². The maximum Gasteiger partial charge on any atom is 0.256 e. The number of hydrogen-bond donors (Lipinski definition) is 0. The highest BCUT2D eigenvalue weighted by molar-refractivity contribution is 5.80. The summed E-state index contributed by atoms with van der Waals surface area (Å²) in [6.45, 7) is 0. The summed E-state index contributed by atoms with van der Waals surface area (Å²) in [5.41, 5.74) is 3.75. The minimum atomic E-state index is 0. The molecule has 80 valence electrons. The average Bonchev–Trinajstić information content (AvgIpc) is 2.87. The number of rotatable bonds is 0. The van der Waals surface area contributed by atoms with Crippen LogP contribution in [0.25, 0.3) is 11.1 Å². The molecule has 3 rings (SSSR count). The first-order valence-electron chi connectivity index (χ1n) is 4.83. The van der Waals surface area contributed by atoms with Crippen LogP contribution in [0.15, 0.2) is 48.7 Å². The lowest BCUT2D eigenvalue weighted by Gasteiger charge is -1.86. The van der Waals surface area contributed by atoms with E-state index in [-0.39, 0.29) is 24.0 Å². The largest absolute Gasteiger partial charge is 1.00 e. The molecular formula is C14H12IN. The molecular weight excluding hydrogens is 309 g/mol. The van der Waals surface area contributed by atoms with Gasteiger partial charge in [-0.1, -0.05) is 18.2 Å². The lowest BCUT2D eigenvalue weighted by atomic mass is 10.3. The van der Waals surface area contributed by atoms with E-state index in [0.717, 1.165) is 5.69 Å². The molecule has 0 aliphatic heterocycles. The minimum absolute atomic E-state index is 0. The molecule has 0 unspecified atom stereocenters. The van der Waals surface area contributed by atoms with Crippen LogP contribution in [0.5, 0.6) is 0 Å². The van der Waals surface area contributed by atoms with Crippen molar-refractivity contribution in [2.75, 3.05) is 0 Å². The molecule has 0 amide bonds. The molecule has 0 radical (unpaired) electrons. The Kier molecular flexibility index (Phi) is 4.51. The zero-order valence-corrected chi connectivity index (χ0v) is 11.2. The van der Waals surface area contributed by atoms with Crippen LogP contribution in [0.3, 0.4) is 0 Å². The molecule has 2 heteroatoms. The number of nitrogens with zero attached hydrogens (tertiary/aromatic N) is 1. The molecule has 0 bridgehead atoms. The normalized spacial score (nSPS) is 9.00. The number of fused-ring (bicyclic) bond motifs is 1. The van der Waals surface area contributed by atoms with E-state index >= 15 is 0 Å². The number of aromatic nitrogens is 1. The van der Waals surface area contributed by atoms with Crippen LogP contribution in [-0.4, -0.2) is 0 Å². The monoisotopic (exact) mass is 321 g/mol. The fourth-order valence-electron chi connectivity index (χ4n) is 1.35. The maximum atomic E-state index is 5.18. The summed E-state index contributed by atoms with van der Waals surface area (Å²) in [5, 5.41) is 0. The highest BCUT2D eigenvalue weighted by Gasteiger charge is 2.06. The molecule has 2 aliphatic rings. The van der Waals surface area contributed by atoms with E-state index in [1.54, 1.807) is 0 Å². The first-order valence-corrected chi connectivity index (χ1v) is 4.83. The van der Waals surface area contributed by atoms with Crippen LogP contribution < -0.4 is 28.5 Å². The van der Waals surface area contributed by atoms with Gasteiger partial charge in [0.15, 0.2) is 6.20 Å². The zero-order valence-electron chi connectivity index (χ0n) is 9.02. The van der Waals surface area contributed by atoms with Gasteiger partial charge in [0.05, 0.1) is 0 Å². The SMILES string of the molecule is C#Cc1cccc[n+]1C.[I-].c1cc2cc-2c1. The predicted octanol–water partition coefficient (Wildman–Crippen LogP) is -0.837. The van der Waals surface area contributed by atoms with Gasteiger partial charge < -0.3 is 24.0 Å². The number of aryl methyl sites for hydroxylation is 1. The quantitative estimate of drug-likeness (QED) is 0.289. The van der Waals surface area contributed by atoms with E-state index in [1.807, 2.05) is 36.0 Å². The van der Waals surface area contributed by atoms with Crippen LogP contribution in [0.4, 0.5) is 0 Å². The molecule has 0 saturated heterocycles. The van der Waals surface area contributed by atoms with Gasteiger partial charge >= 0.3 is 0 Å². The molecule has 0 N–H and O–H groups in total. The van der Waals surface area contributed by atoms with Crippen molar-refractivity contribution in [1.82, 2.24) is 0 Å². The summed E-state index contributed by atoms with van der Waals surface area (Å²) >= 11 is 0. The molecule has 16 heavy (non-hydrogen) atoms. The van der Waals surface area contributed by atoms with Gasteiger partial charge in [0.2, 0.25) is 0 Å². The van der Waals surface area contributed by atoms with Gasteiger partial charge in [-0.3, -0.25) is 0 Å². The molecule has 1 nitrogen and oxygen atoms in total. The molecule has 2 aliphatic carbocycles. The summed E-state index contributed by atoms with van der Waals surface area (Å²) in [4.78, 5) is 0. The fourth-order valence-corrected chi connectivity index (χ4v) is 1.35. The van der Waals surface area contributed by atoms with Gasteiger partial charge in [-0.2, -0.15) is 4.57 Å². The topological polar surface area (TPSA) is 3.88 Å². The third-order valence-corrected chi connectivity index (χ3v) is 2.32. The third-order valence-electron chi connectivity index (χ3n) is 2.32. The molecule has 0 spiro atoms. The number of benzene rings is 1. The molecule has 0 fully saturated rings. The van der Waals surface area contributed by atoms with Crippen molar-refractivity contribution in [2.24, 2.45) is 7.05 Å². The Morgan fingerprint density at radius 3 is 2.06 bits per heavy atom. The van der Waals surface area contributed by atoms with Crippen molar-refractivity contribution < 1.29 is 28.5 Å². The van der Waals surface area contributed by atoms with Crippen LogP contribution in [-0.2, 0) is 7.05 Å². The second kappa shape index (κ2) is 5.66. The van der Waals surface area contributed by atoms with Crippen LogP contribution >= 0.6 is 0 Å². The standard InChI is InChI=1S/C8H8N.C6H4.HI/c1-3-8-6-4-5-7-9(8)2;1-2-5-4-6(5)3-1;/h1,4-7H,2H3;1-4H;1H/q+1;;/p-1. The summed E-state index contributed by atoms with van der Waals surface area (Å²) in [5.74, 6) is 2.56. The number of terminal acetylenes is 1. The average molecular weight is 321 g/mol. The van der Waals surface area contributed by atoms with E-state index < -0.39 is 0 Å². The number of halogens is 1. The molecule has 0 atom stereocenters. The summed E-state index contributed by atoms with van der Waals surface area (Å²) < 4.78 is 1.90. The maximum absolute atomic E-state index is 5.18. The van der Waals surface area contributed by atoms with Gasteiger partial charge in [-0.15, -0.1) is 6.42 Å². The van der Waals surface area contributed by atoms with Crippen molar-refractivity contribution in [2.45, 2.75) is 0 Å². The molecule has 1 aromatic rings. The van der Waals surface area contributed by atoms with Crippen molar-refractivity contribution in [3.63, 3.8) is 0 Å². The summed E-state index contributed by atoms with van der Waals surface area (Å²) in [6.07, 6.45) is 7.11. The Bertz CT molecular complexity index is 509. The van der Waals surface area contributed by atoms with Crippen molar-refractivity contribution in [1.29, 1.82) is 0 Å². The van der Waals surface area contributed by atoms with Gasteiger partial charge in [0.1, 0.15) is 7.05 Å². The fraction of sp³-hybridized carbons (Fsp3) is 0.0714. The van der Waals surface area contributed by atoms with E-state index in [1.165, 1.54) is 11.1 Å². The Morgan fingerprint density at radius 2 is 1.75 bits per heavy atom. The van der Waals surface area contributed by atoms with Gasteiger partial charge in [0, 0.05) is 12.1 Å². The van der Waals surface area contributed by atoms with Crippen molar-refractivity contribution in [3.05, 3.63) is 54.4 Å². The van der Waals surface area contributed by atoms with Crippen LogP contribution in [0, 0.1) is 12.3 Å². The third kappa shape index (κ3) is 3.07. The van der Waals surface area contributed by atoms with Gasteiger partial charge in [-0.05, 0) is 29.2 Å². The summed E-state index contributed by atoms with van der Waals surface area (Å²) in [7, 11) is 1.93. The first-order chi connectivity index (χ1) is 7.31. The van der Waals surface area contributed by atoms with Crippen LogP contribution in [0.1, 0.15) is 5.69 Å². The molecule has 0 aromatic carbocycles. The van der Waals surface area contributed by atoms with E-state index in [9.17, 15) is 0 Å². The van der Waals surface area contributed by atoms with E-state index in [4.69, 9.17) is 6.42 Å². The second-order valence-electron chi connectivity index (χ2n) is 3.42. The Hall–Kier alpha value is -1.34. The highest BCUT2D eigenvalue weighted by Crippen LogP contribution is 2.32. The van der Waals surface area contributed by atoms with Gasteiger partial charge in [0.25, 0.3) is 5.69 Å². The second-order valence-corrected chi connectivity index (χ2v) is 3.42. The number of pyridine rings is 1. The Balaban J connectivity index is 0.000000159. The molecule has 1 aromatic heterocycles. The lowest BCUT2D eigenvalue weighted by molar-refractivity contribution is -0.673. The lowest BCUT2D eigenvalue weighted by Crippen LogP contribution is -3.00.